The van der Waals surface area contributed by atoms with Crippen molar-refractivity contribution in [3.8, 4) is 0 Å². The smallest absolute Gasteiger partial charge is 0.307 e. The molecule has 0 rings (SSSR count). The van der Waals surface area contributed by atoms with Gasteiger partial charge in [-0.15, -0.1) is 0 Å². The third kappa shape index (κ3) is 5.17. The van der Waals surface area contributed by atoms with Crippen molar-refractivity contribution in [2.45, 2.75) is 53.1 Å². The van der Waals surface area contributed by atoms with Gasteiger partial charge < -0.3 is 9.64 Å². The third-order valence-electron chi connectivity index (χ3n) is 3.07. The van der Waals surface area contributed by atoms with Gasteiger partial charge in [0.15, 0.2) is 0 Å². The fraction of sp³-hybridized carbons (Fsp3) is 0.917. The first-order chi connectivity index (χ1) is 6.90. The van der Waals surface area contributed by atoms with E-state index in [2.05, 4.69) is 39.6 Å². The molecule has 0 spiro atoms. The van der Waals surface area contributed by atoms with Crippen molar-refractivity contribution in [1.82, 2.24) is 4.90 Å². The van der Waals surface area contributed by atoms with Crippen molar-refractivity contribution in [3.05, 3.63) is 0 Å². The van der Waals surface area contributed by atoms with Crippen molar-refractivity contribution >= 4 is 5.97 Å². The normalized spacial score (nSPS) is 15.5. The Labute approximate surface area is 93.8 Å². The summed E-state index contributed by atoms with van der Waals surface area (Å²) < 4.78 is 4.94. The maximum Gasteiger partial charge on any atom is 0.307 e. The first-order valence-corrected chi connectivity index (χ1v) is 5.77. The summed E-state index contributed by atoms with van der Waals surface area (Å²) in [4.78, 5) is 13.5. The summed E-state index contributed by atoms with van der Waals surface area (Å²) in [5.74, 6) is 0.493. The molecule has 0 bridgehead atoms. The molecule has 0 aromatic heterocycles. The van der Waals surface area contributed by atoms with Crippen LogP contribution in [0.15, 0.2) is 0 Å². The number of nitrogens with zero attached hydrogens (tertiary/aromatic N) is 1. The summed E-state index contributed by atoms with van der Waals surface area (Å²) in [6.07, 6.45) is 0.474. The molecule has 0 aromatic carbocycles. The second-order valence-corrected chi connectivity index (χ2v) is 4.51. The van der Waals surface area contributed by atoms with Crippen LogP contribution in [-0.2, 0) is 9.53 Å². The van der Waals surface area contributed by atoms with Gasteiger partial charge in [0, 0.05) is 12.1 Å². The van der Waals surface area contributed by atoms with Crippen LogP contribution in [0.1, 0.15) is 41.0 Å². The molecule has 0 radical (unpaired) electrons. The lowest BCUT2D eigenvalue weighted by Crippen LogP contribution is -2.41. The Morgan fingerprint density at radius 2 is 1.80 bits per heavy atom. The van der Waals surface area contributed by atoms with E-state index in [4.69, 9.17) is 4.74 Å². The summed E-state index contributed by atoms with van der Waals surface area (Å²) in [5.41, 5.74) is 0. The van der Waals surface area contributed by atoms with Crippen LogP contribution >= 0.6 is 0 Å². The van der Waals surface area contributed by atoms with Crippen LogP contribution in [0.5, 0.6) is 0 Å². The third-order valence-corrected chi connectivity index (χ3v) is 3.07. The zero-order valence-corrected chi connectivity index (χ0v) is 10.9. The maximum absolute atomic E-state index is 11.3. The fourth-order valence-electron chi connectivity index (χ4n) is 1.48. The molecule has 0 aliphatic rings. The molecule has 0 aromatic rings. The fourth-order valence-corrected chi connectivity index (χ4v) is 1.48. The number of esters is 1. The van der Waals surface area contributed by atoms with Crippen molar-refractivity contribution in [3.63, 3.8) is 0 Å². The zero-order chi connectivity index (χ0) is 12.0. The van der Waals surface area contributed by atoms with Gasteiger partial charge in [0.1, 0.15) is 0 Å². The lowest BCUT2D eigenvalue weighted by Gasteiger charge is -2.32. The van der Waals surface area contributed by atoms with Crippen molar-refractivity contribution in [2.24, 2.45) is 5.92 Å². The second kappa shape index (κ2) is 6.83. The number of hydrogen-bond acceptors (Lipinski definition) is 3. The van der Waals surface area contributed by atoms with Gasteiger partial charge in [-0.05, 0) is 33.7 Å². The van der Waals surface area contributed by atoms with Gasteiger partial charge in [-0.1, -0.05) is 13.8 Å². The summed E-state index contributed by atoms with van der Waals surface area (Å²) in [7, 11) is 2.06. The van der Waals surface area contributed by atoms with Gasteiger partial charge in [0.05, 0.1) is 13.0 Å². The number of ether oxygens (including phenoxy) is 1. The Bertz CT molecular complexity index is 192. The van der Waals surface area contributed by atoms with Crippen LogP contribution in [0.2, 0.25) is 0 Å². The van der Waals surface area contributed by atoms with E-state index in [1.54, 1.807) is 0 Å². The Morgan fingerprint density at radius 3 is 2.20 bits per heavy atom. The SMILES string of the molecule is CCOC(=O)CC(C)N(C)C(C)C(C)C. The van der Waals surface area contributed by atoms with E-state index in [0.717, 1.165) is 0 Å². The monoisotopic (exact) mass is 215 g/mol. The number of carbonyl (C=O) groups excluding carboxylic acids is 1. The van der Waals surface area contributed by atoms with E-state index in [1.165, 1.54) is 0 Å². The summed E-state index contributed by atoms with van der Waals surface area (Å²) >= 11 is 0. The van der Waals surface area contributed by atoms with Gasteiger partial charge in [0.2, 0.25) is 0 Å². The van der Waals surface area contributed by atoms with Gasteiger partial charge in [0.25, 0.3) is 0 Å². The molecule has 15 heavy (non-hydrogen) atoms. The predicted octanol–water partition coefficient (Wildman–Crippen LogP) is 2.30. The highest BCUT2D eigenvalue weighted by molar-refractivity contribution is 5.70. The molecule has 3 nitrogen and oxygen atoms in total. The lowest BCUT2D eigenvalue weighted by molar-refractivity contribution is -0.144. The van der Waals surface area contributed by atoms with E-state index in [1.807, 2.05) is 6.92 Å². The largest absolute Gasteiger partial charge is 0.466 e. The Hall–Kier alpha value is -0.570. The van der Waals surface area contributed by atoms with Crippen LogP contribution in [0.25, 0.3) is 0 Å². The van der Waals surface area contributed by atoms with Crippen LogP contribution in [-0.4, -0.2) is 36.6 Å². The number of rotatable bonds is 6. The average Bonchev–Trinajstić information content (AvgIpc) is 2.15. The molecule has 0 saturated heterocycles. The minimum atomic E-state index is -0.104. The molecule has 0 fully saturated rings. The molecule has 0 N–H and O–H groups in total. The molecule has 0 aliphatic heterocycles. The van der Waals surface area contributed by atoms with Crippen LogP contribution in [0.4, 0.5) is 0 Å². The maximum atomic E-state index is 11.3. The average molecular weight is 215 g/mol. The Morgan fingerprint density at radius 1 is 1.27 bits per heavy atom. The van der Waals surface area contributed by atoms with Gasteiger partial charge >= 0.3 is 5.97 Å². The zero-order valence-electron chi connectivity index (χ0n) is 10.9. The summed E-state index contributed by atoms with van der Waals surface area (Å²) in [6.45, 7) is 10.9. The van der Waals surface area contributed by atoms with Crippen molar-refractivity contribution < 1.29 is 9.53 Å². The second-order valence-electron chi connectivity index (χ2n) is 4.51. The molecule has 3 heteroatoms. The molecule has 0 heterocycles. The van der Waals surface area contributed by atoms with E-state index < -0.39 is 0 Å². The summed E-state index contributed by atoms with van der Waals surface area (Å²) in [6, 6.07) is 0.718. The molecular formula is C12H25NO2. The van der Waals surface area contributed by atoms with Crippen LogP contribution < -0.4 is 0 Å². The topological polar surface area (TPSA) is 29.5 Å². The van der Waals surface area contributed by atoms with Crippen LogP contribution in [0.3, 0.4) is 0 Å². The lowest BCUT2D eigenvalue weighted by atomic mass is 10.0. The predicted molar refractivity (Wildman–Crippen MR) is 62.8 cm³/mol. The van der Waals surface area contributed by atoms with Crippen molar-refractivity contribution in [2.75, 3.05) is 13.7 Å². The van der Waals surface area contributed by atoms with Crippen LogP contribution in [0, 0.1) is 5.92 Å². The van der Waals surface area contributed by atoms with E-state index in [9.17, 15) is 4.79 Å². The van der Waals surface area contributed by atoms with Crippen molar-refractivity contribution in [1.29, 1.82) is 0 Å². The van der Waals surface area contributed by atoms with Gasteiger partial charge in [-0.25, -0.2) is 0 Å². The molecule has 0 amide bonds. The first-order valence-electron chi connectivity index (χ1n) is 5.77. The highest BCUT2D eigenvalue weighted by Crippen LogP contribution is 2.13. The molecular weight excluding hydrogens is 190 g/mol. The van der Waals surface area contributed by atoms with E-state index in [-0.39, 0.29) is 12.0 Å². The first kappa shape index (κ1) is 14.4. The summed E-state index contributed by atoms with van der Waals surface area (Å²) in [5, 5.41) is 0. The number of hydrogen-bond donors (Lipinski definition) is 0. The standard InChI is InChI=1S/C12H25NO2/c1-7-15-12(14)8-10(4)13(6)11(5)9(2)3/h9-11H,7-8H2,1-6H3. The number of carbonyl (C=O) groups is 1. The minimum Gasteiger partial charge on any atom is -0.466 e. The molecule has 90 valence electrons. The van der Waals surface area contributed by atoms with E-state index in [0.29, 0.717) is 25.0 Å². The highest BCUT2D eigenvalue weighted by Gasteiger charge is 2.20. The molecule has 2 unspecified atom stereocenters. The Kier molecular flexibility index (Phi) is 6.57. The molecule has 2 atom stereocenters. The molecule has 0 aliphatic carbocycles. The molecule has 0 saturated carbocycles. The Balaban J connectivity index is 4.08. The quantitative estimate of drug-likeness (QED) is 0.637. The minimum absolute atomic E-state index is 0.104. The van der Waals surface area contributed by atoms with Gasteiger partial charge in [-0.3, -0.25) is 4.79 Å². The van der Waals surface area contributed by atoms with E-state index >= 15 is 0 Å². The highest BCUT2D eigenvalue weighted by atomic mass is 16.5. The van der Waals surface area contributed by atoms with Gasteiger partial charge in [-0.2, -0.15) is 0 Å².